The van der Waals surface area contributed by atoms with Gasteiger partial charge < -0.3 is 15.0 Å². The highest BCUT2D eigenvalue weighted by molar-refractivity contribution is 7.92. The van der Waals surface area contributed by atoms with Gasteiger partial charge in [-0.25, -0.2) is 13.2 Å². The topological polar surface area (TPSA) is 117 Å². The summed E-state index contributed by atoms with van der Waals surface area (Å²) in [7, 11) is -3.97. The molecule has 0 spiro atoms. The largest absolute Gasteiger partial charge is 0.425 e. The number of amides is 2. The number of hydrogen-bond acceptors (Lipinski definition) is 6. The molecule has 194 valence electrons. The van der Waals surface area contributed by atoms with Crippen molar-refractivity contribution < 1.29 is 22.7 Å². The van der Waals surface area contributed by atoms with Crippen LogP contribution in [0.4, 0.5) is 4.79 Å². The van der Waals surface area contributed by atoms with Crippen LogP contribution in [0.1, 0.15) is 37.7 Å². The maximum absolute atomic E-state index is 13.9. The molecule has 0 aromatic heterocycles. The zero-order chi connectivity index (χ0) is 26.6. The fourth-order valence-electron chi connectivity index (χ4n) is 4.78. The highest BCUT2D eigenvalue weighted by atomic mass is 35.5. The molecule has 2 aliphatic carbocycles. The molecule has 1 saturated heterocycles. The summed E-state index contributed by atoms with van der Waals surface area (Å²) in [5.74, 6) is -0.382. The number of halogens is 3. The van der Waals surface area contributed by atoms with Crippen molar-refractivity contribution in [3.63, 3.8) is 0 Å². The Bertz CT molecular complexity index is 1430. The van der Waals surface area contributed by atoms with Gasteiger partial charge in [0.15, 0.2) is 16.1 Å². The Labute approximate surface area is 229 Å². The molecule has 2 aromatic rings. The van der Waals surface area contributed by atoms with Crippen molar-refractivity contribution in [2.75, 3.05) is 6.54 Å². The van der Waals surface area contributed by atoms with E-state index >= 15 is 0 Å². The summed E-state index contributed by atoms with van der Waals surface area (Å²) in [6.45, 7) is -0.194. The zero-order valence-electron chi connectivity index (χ0n) is 19.4. The molecule has 12 heteroatoms. The third-order valence-electron chi connectivity index (χ3n) is 7.21. The monoisotopic (exact) mass is 581 g/mol. The second-order valence-electron chi connectivity index (χ2n) is 9.68. The number of sulfone groups is 1. The van der Waals surface area contributed by atoms with E-state index in [1.807, 2.05) is 6.07 Å². The average Bonchev–Trinajstić information content (AvgIpc) is 3.77. The molecule has 1 N–H and O–H groups in total. The van der Waals surface area contributed by atoms with Crippen molar-refractivity contribution in [3.05, 3.63) is 63.1 Å². The standard InChI is InChI=1S/C25H22Cl3N3O5S/c26-15-5-6-17(19(28)11-15)25(9-10-25)22(32)31-13-16(37(34,35)20-4-2-1-3-18(20)27)12-21(31)36-23(33)30-24(14-29)7-8-24/h1-6,11,16,21H,7-10,12-13H2,(H,30,33)/t16-,21+/m1/s1. The summed E-state index contributed by atoms with van der Waals surface area (Å²) in [6.07, 6.45) is -0.193. The number of alkyl carbamates (subject to hydrolysis) is 1. The van der Waals surface area contributed by atoms with E-state index in [9.17, 15) is 23.3 Å². The number of carbonyl (C=O) groups excluding carboxylic acids is 2. The van der Waals surface area contributed by atoms with Gasteiger partial charge in [0.05, 0.1) is 26.7 Å². The number of nitriles is 1. The summed E-state index contributed by atoms with van der Waals surface area (Å²) < 4.78 is 32.6. The number of likely N-dealkylation sites (tertiary alicyclic amines) is 1. The average molecular weight is 583 g/mol. The normalized spacial score (nSPS) is 23.1. The van der Waals surface area contributed by atoms with Gasteiger partial charge in [-0.2, -0.15) is 5.26 Å². The van der Waals surface area contributed by atoms with Crippen molar-refractivity contribution >= 4 is 56.6 Å². The summed E-state index contributed by atoms with van der Waals surface area (Å²) in [4.78, 5) is 27.8. The van der Waals surface area contributed by atoms with Crippen LogP contribution < -0.4 is 5.32 Å². The summed E-state index contributed by atoms with van der Waals surface area (Å²) in [6, 6.07) is 13.0. The number of rotatable bonds is 6. The number of nitrogens with zero attached hydrogens (tertiary/aromatic N) is 2. The van der Waals surface area contributed by atoms with Crippen molar-refractivity contribution in [2.45, 2.75) is 59.4 Å². The number of ether oxygens (including phenoxy) is 1. The Morgan fingerprint density at radius 1 is 1.05 bits per heavy atom. The molecule has 2 atom stereocenters. The van der Waals surface area contributed by atoms with Crippen molar-refractivity contribution in [2.24, 2.45) is 0 Å². The minimum absolute atomic E-state index is 0.0533. The Balaban J connectivity index is 1.45. The predicted molar refractivity (Wildman–Crippen MR) is 137 cm³/mol. The second kappa shape index (κ2) is 9.35. The van der Waals surface area contributed by atoms with Crippen LogP contribution in [0.15, 0.2) is 47.4 Å². The molecular weight excluding hydrogens is 561 g/mol. The zero-order valence-corrected chi connectivity index (χ0v) is 22.5. The lowest BCUT2D eigenvalue weighted by Gasteiger charge is -2.29. The molecule has 0 radical (unpaired) electrons. The molecule has 2 aromatic carbocycles. The first kappa shape index (κ1) is 26.1. The molecular formula is C25H22Cl3N3O5S. The maximum atomic E-state index is 13.9. The molecule has 3 fully saturated rings. The first-order chi connectivity index (χ1) is 17.5. The molecule has 8 nitrogen and oxygen atoms in total. The predicted octanol–water partition coefficient (Wildman–Crippen LogP) is 4.86. The first-order valence-electron chi connectivity index (χ1n) is 11.7. The van der Waals surface area contributed by atoms with Gasteiger partial charge in [-0.15, -0.1) is 0 Å². The van der Waals surface area contributed by atoms with E-state index in [-0.39, 0.29) is 28.8 Å². The fourth-order valence-corrected chi connectivity index (χ4v) is 7.57. The molecule has 0 bridgehead atoms. The van der Waals surface area contributed by atoms with E-state index in [0.29, 0.717) is 41.3 Å². The lowest BCUT2D eigenvalue weighted by Crippen LogP contribution is -2.47. The van der Waals surface area contributed by atoms with Crippen LogP contribution in [0.25, 0.3) is 0 Å². The Kier molecular flexibility index (Phi) is 6.60. The number of nitrogens with one attached hydrogen (secondary N) is 1. The lowest BCUT2D eigenvalue weighted by atomic mass is 9.94. The minimum atomic E-state index is -3.97. The quantitative estimate of drug-likeness (QED) is 0.520. The molecule has 37 heavy (non-hydrogen) atoms. The number of carbonyl (C=O) groups is 2. The van der Waals surface area contributed by atoms with Gasteiger partial charge in [0.2, 0.25) is 5.91 Å². The van der Waals surface area contributed by atoms with Gasteiger partial charge in [-0.1, -0.05) is 53.0 Å². The van der Waals surface area contributed by atoms with E-state index < -0.39 is 38.4 Å². The highest BCUT2D eigenvalue weighted by Gasteiger charge is 2.58. The van der Waals surface area contributed by atoms with E-state index in [2.05, 4.69) is 5.32 Å². The Morgan fingerprint density at radius 3 is 2.35 bits per heavy atom. The van der Waals surface area contributed by atoms with Crippen LogP contribution >= 0.6 is 34.8 Å². The molecule has 3 aliphatic rings. The molecule has 1 heterocycles. The van der Waals surface area contributed by atoms with Crippen molar-refractivity contribution in [1.29, 1.82) is 5.26 Å². The fraction of sp³-hybridized carbons (Fsp3) is 0.400. The van der Waals surface area contributed by atoms with Gasteiger partial charge in [-0.05, 0) is 55.5 Å². The van der Waals surface area contributed by atoms with E-state index in [1.165, 1.54) is 17.0 Å². The van der Waals surface area contributed by atoms with Crippen LogP contribution in [0, 0.1) is 11.3 Å². The number of hydrogen-bond donors (Lipinski definition) is 1. The van der Waals surface area contributed by atoms with Crippen molar-refractivity contribution in [1.82, 2.24) is 10.2 Å². The van der Waals surface area contributed by atoms with E-state index in [0.717, 1.165) is 0 Å². The van der Waals surface area contributed by atoms with Gasteiger partial charge in [0.1, 0.15) is 5.54 Å². The maximum Gasteiger partial charge on any atom is 0.410 e. The summed E-state index contributed by atoms with van der Waals surface area (Å²) in [5, 5.41) is 11.6. The van der Waals surface area contributed by atoms with Crippen LogP contribution in [0.5, 0.6) is 0 Å². The summed E-state index contributed by atoms with van der Waals surface area (Å²) in [5.41, 5.74) is -1.36. The Morgan fingerprint density at radius 2 is 1.76 bits per heavy atom. The molecule has 2 saturated carbocycles. The highest BCUT2D eigenvalue weighted by Crippen LogP contribution is 2.53. The first-order valence-corrected chi connectivity index (χ1v) is 14.3. The van der Waals surface area contributed by atoms with E-state index in [1.54, 1.807) is 30.3 Å². The van der Waals surface area contributed by atoms with Gasteiger partial charge in [-0.3, -0.25) is 4.79 Å². The smallest absolute Gasteiger partial charge is 0.410 e. The van der Waals surface area contributed by atoms with E-state index in [4.69, 9.17) is 39.5 Å². The lowest BCUT2D eigenvalue weighted by molar-refractivity contribution is -0.140. The van der Waals surface area contributed by atoms with Gasteiger partial charge in [0, 0.05) is 23.0 Å². The molecule has 1 aliphatic heterocycles. The van der Waals surface area contributed by atoms with Crippen molar-refractivity contribution in [3.8, 4) is 6.07 Å². The van der Waals surface area contributed by atoms with Crippen LogP contribution in [0.3, 0.4) is 0 Å². The molecule has 0 unspecified atom stereocenters. The van der Waals surface area contributed by atoms with Gasteiger partial charge in [0.25, 0.3) is 0 Å². The molecule has 2 amide bonds. The second-order valence-corrected chi connectivity index (χ2v) is 13.1. The number of benzene rings is 2. The van der Waals surface area contributed by atoms with Crippen LogP contribution in [0.2, 0.25) is 15.1 Å². The van der Waals surface area contributed by atoms with Crippen LogP contribution in [-0.4, -0.2) is 48.9 Å². The molecule has 5 rings (SSSR count). The SMILES string of the molecule is N#CC1(NC(=O)O[C@H]2C[C@@H](S(=O)(=O)c3ccccc3Cl)CN2C(=O)C2(c3ccc(Cl)cc3Cl)CC2)CC1. The van der Waals surface area contributed by atoms with Gasteiger partial charge >= 0.3 is 6.09 Å². The Hall–Kier alpha value is -2.51. The minimum Gasteiger partial charge on any atom is -0.425 e. The van der Waals surface area contributed by atoms with Crippen LogP contribution in [-0.2, 0) is 24.8 Å². The third kappa shape index (κ3) is 4.76. The summed E-state index contributed by atoms with van der Waals surface area (Å²) >= 11 is 18.7. The third-order valence-corrected chi connectivity index (χ3v) is 10.4.